The van der Waals surface area contributed by atoms with Crippen molar-refractivity contribution in [3.8, 4) is 0 Å². The normalized spacial score (nSPS) is 19.1. The minimum absolute atomic E-state index is 0.0477. The van der Waals surface area contributed by atoms with Crippen molar-refractivity contribution >= 4 is 16.9 Å². The molecular formula is C16H20N2O2. The molecule has 1 saturated heterocycles. The number of carbonyl (C=O) groups excluding carboxylic acids is 1. The highest BCUT2D eigenvalue weighted by atomic mass is 16.3. The molecule has 1 atom stereocenters. The van der Waals surface area contributed by atoms with Crippen LogP contribution in [0.15, 0.2) is 28.7 Å². The van der Waals surface area contributed by atoms with E-state index in [9.17, 15) is 4.79 Å². The standard InChI is InChI=1S/C16H20N2O2/c1-11-12-6-2-3-8-14(12)20-15(11)10-18-16(19)13-7-4-5-9-17-13/h2-3,6,8,13,17H,4-5,7,9-10H2,1H3,(H,18,19). The van der Waals surface area contributed by atoms with Gasteiger partial charge < -0.3 is 15.1 Å². The van der Waals surface area contributed by atoms with Gasteiger partial charge in [-0.05, 0) is 32.4 Å². The maximum atomic E-state index is 12.1. The van der Waals surface area contributed by atoms with Crippen LogP contribution >= 0.6 is 0 Å². The van der Waals surface area contributed by atoms with E-state index < -0.39 is 0 Å². The van der Waals surface area contributed by atoms with Gasteiger partial charge in [-0.15, -0.1) is 0 Å². The Morgan fingerprint density at radius 1 is 1.40 bits per heavy atom. The molecule has 1 aromatic heterocycles. The van der Waals surface area contributed by atoms with Crippen LogP contribution < -0.4 is 10.6 Å². The largest absolute Gasteiger partial charge is 0.459 e. The Hall–Kier alpha value is -1.81. The maximum Gasteiger partial charge on any atom is 0.237 e. The zero-order valence-corrected chi connectivity index (χ0v) is 11.7. The summed E-state index contributed by atoms with van der Waals surface area (Å²) in [7, 11) is 0. The van der Waals surface area contributed by atoms with Crippen molar-refractivity contribution in [2.75, 3.05) is 6.54 Å². The molecule has 1 aliphatic rings. The van der Waals surface area contributed by atoms with Crippen molar-refractivity contribution in [1.29, 1.82) is 0 Å². The van der Waals surface area contributed by atoms with Crippen LogP contribution in [0.25, 0.3) is 11.0 Å². The molecule has 0 spiro atoms. The van der Waals surface area contributed by atoms with E-state index in [1.54, 1.807) is 0 Å². The fourth-order valence-electron chi connectivity index (χ4n) is 2.76. The number of hydrogen-bond donors (Lipinski definition) is 2. The molecule has 1 aliphatic heterocycles. The summed E-state index contributed by atoms with van der Waals surface area (Å²) < 4.78 is 5.80. The molecular weight excluding hydrogens is 252 g/mol. The number of piperidine rings is 1. The monoisotopic (exact) mass is 272 g/mol. The molecule has 0 bridgehead atoms. The first-order chi connectivity index (χ1) is 9.75. The van der Waals surface area contributed by atoms with Gasteiger partial charge in [-0.1, -0.05) is 24.6 Å². The van der Waals surface area contributed by atoms with E-state index in [-0.39, 0.29) is 11.9 Å². The van der Waals surface area contributed by atoms with E-state index in [1.165, 1.54) is 0 Å². The molecule has 0 radical (unpaired) electrons. The van der Waals surface area contributed by atoms with Crippen LogP contribution in [0.2, 0.25) is 0 Å². The first-order valence-corrected chi connectivity index (χ1v) is 7.24. The molecule has 3 rings (SSSR count). The lowest BCUT2D eigenvalue weighted by Gasteiger charge is -2.22. The number of para-hydroxylation sites is 1. The Morgan fingerprint density at radius 3 is 3.00 bits per heavy atom. The van der Waals surface area contributed by atoms with Crippen LogP contribution in [0.3, 0.4) is 0 Å². The predicted molar refractivity (Wildman–Crippen MR) is 78.4 cm³/mol. The highest BCUT2D eigenvalue weighted by Crippen LogP contribution is 2.24. The number of amides is 1. The van der Waals surface area contributed by atoms with Gasteiger partial charge in [0, 0.05) is 10.9 Å². The van der Waals surface area contributed by atoms with Gasteiger partial charge in [0.1, 0.15) is 11.3 Å². The molecule has 1 fully saturated rings. The van der Waals surface area contributed by atoms with E-state index in [1.807, 2.05) is 31.2 Å². The van der Waals surface area contributed by atoms with Crippen molar-refractivity contribution in [3.05, 3.63) is 35.6 Å². The molecule has 2 heterocycles. The van der Waals surface area contributed by atoms with Crippen LogP contribution in [0.5, 0.6) is 0 Å². The molecule has 1 amide bonds. The van der Waals surface area contributed by atoms with Crippen molar-refractivity contribution in [2.45, 2.75) is 38.8 Å². The lowest BCUT2D eigenvalue weighted by atomic mass is 10.0. The Labute approximate surface area is 118 Å². The van der Waals surface area contributed by atoms with Crippen LogP contribution in [0, 0.1) is 6.92 Å². The molecule has 0 saturated carbocycles. The highest BCUT2D eigenvalue weighted by Gasteiger charge is 2.20. The van der Waals surface area contributed by atoms with Crippen molar-refractivity contribution in [1.82, 2.24) is 10.6 Å². The third-order valence-corrected chi connectivity index (χ3v) is 3.99. The molecule has 2 aromatic rings. The number of carbonyl (C=O) groups is 1. The second kappa shape index (κ2) is 5.67. The molecule has 0 aliphatic carbocycles. The van der Waals surface area contributed by atoms with Crippen LogP contribution in [0.4, 0.5) is 0 Å². The lowest BCUT2D eigenvalue weighted by Crippen LogP contribution is -2.46. The molecule has 2 N–H and O–H groups in total. The molecule has 4 heteroatoms. The summed E-state index contributed by atoms with van der Waals surface area (Å²) >= 11 is 0. The molecule has 106 valence electrons. The Balaban J connectivity index is 1.67. The van der Waals surface area contributed by atoms with Crippen LogP contribution in [0.1, 0.15) is 30.6 Å². The molecule has 4 nitrogen and oxygen atoms in total. The van der Waals surface area contributed by atoms with Crippen LogP contribution in [-0.4, -0.2) is 18.5 Å². The summed E-state index contributed by atoms with van der Waals surface area (Å²) in [5.74, 6) is 0.917. The SMILES string of the molecule is Cc1c(CNC(=O)C2CCCCN2)oc2ccccc12. The predicted octanol–water partition coefficient (Wildman–Crippen LogP) is 2.50. The van der Waals surface area contributed by atoms with Gasteiger partial charge >= 0.3 is 0 Å². The molecule has 1 aromatic carbocycles. The van der Waals surface area contributed by atoms with Crippen molar-refractivity contribution in [2.24, 2.45) is 0 Å². The summed E-state index contributed by atoms with van der Waals surface area (Å²) in [6.45, 7) is 3.42. The minimum atomic E-state index is -0.0477. The second-order valence-electron chi connectivity index (χ2n) is 5.37. The second-order valence-corrected chi connectivity index (χ2v) is 5.37. The van der Waals surface area contributed by atoms with E-state index in [0.29, 0.717) is 6.54 Å². The van der Waals surface area contributed by atoms with Gasteiger partial charge in [0.25, 0.3) is 0 Å². The zero-order chi connectivity index (χ0) is 13.9. The number of rotatable bonds is 3. The van der Waals surface area contributed by atoms with E-state index in [4.69, 9.17) is 4.42 Å². The van der Waals surface area contributed by atoms with E-state index in [2.05, 4.69) is 10.6 Å². The molecule has 20 heavy (non-hydrogen) atoms. The van der Waals surface area contributed by atoms with Gasteiger partial charge in [0.05, 0.1) is 12.6 Å². The Morgan fingerprint density at radius 2 is 2.25 bits per heavy atom. The van der Waals surface area contributed by atoms with Crippen LogP contribution in [-0.2, 0) is 11.3 Å². The van der Waals surface area contributed by atoms with Gasteiger partial charge in [-0.25, -0.2) is 0 Å². The average Bonchev–Trinajstić information content (AvgIpc) is 2.83. The summed E-state index contributed by atoms with van der Waals surface area (Å²) in [4.78, 5) is 12.1. The number of aryl methyl sites for hydroxylation is 1. The summed E-state index contributed by atoms with van der Waals surface area (Å²) in [6.07, 6.45) is 3.20. The van der Waals surface area contributed by atoms with Gasteiger partial charge in [0.2, 0.25) is 5.91 Å². The summed E-state index contributed by atoms with van der Waals surface area (Å²) in [6, 6.07) is 7.91. The quantitative estimate of drug-likeness (QED) is 0.902. The first kappa shape index (κ1) is 13.2. The third kappa shape index (κ3) is 2.56. The fraction of sp³-hybridized carbons (Fsp3) is 0.438. The van der Waals surface area contributed by atoms with Crippen molar-refractivity contribution in [3.63, 3.8) is 0 Å². The van der Waals surface area contributed by atoms with Gasteiger partial charge in [-0.2, -0.15) is 0 Å². The van der Waals surface area contributed by atoms with Crippen molar-refractivity contribution < 1.29 is 9.21 Å². The first-order valence-electron chi connectivity index (χ1n) is 7.24. The summed E-state index contributed by atoms with van der Waals surface area (Å²) in [5.41, 5.74) is 1.99. The number of hydrogen-bond acceptors (Lipinski definition) is 3. The summed E-state index contributed by atoms with van der Waals surface area (Å²) in [5, 5.41) is 7.35. The smallest absolute Gasteiger partial charge is 0.237 e. The minimum Gasteiger partial charge on any atom is -0.459 e. The molecule has 1 unspecified atom stereocenters. The number of nitrogens with one attached hydrogen (secondary N) is 2. The zero-order valence-electron chi connectivity index (χ0n) is 11.7. The number of benzene rings is 1. The number of fused-ring (bicyclic) bond motifs is 1. The fourth-order valence-corrected chi connectivity index (χ4v) is 2.76. The average molecular weight is 272 g/mol. The van der Waals surface area contributed by atoms with Gasteiger partial charge in [0.15, 0.2) is 0 Å². The third-order valence-electron chi connectivity index (χ3n) is 3.99. The van der Waals surface area contributed by atoms with E-state index in [0.717, 1.165) is 48.1 Å². The van der Waals surface area contributed by atoms with E-state index >= 15 is 0 Å². The van der Waals surface area contributed by atoms with Gasteiger partial charge in [-0.3, -0.25) is 4.79 Å². The Bertz CT molecular complexity index is 612. The number of furan rings is 1. The lowest BCUT2D eigenvalue weighted by molar-refractivity contribution is -0.123. The highest BCUT2D eigenvalue weighted by molar-refractivity contribution is 5.83. The topological polar surface area (TPSA) is 54.3 Å². The maximum absolute atomic E-state index is 12.1. The Kier molecular flexibility index (Phi) is 3.74.